The van der Waals surface area contributed by atoms with Gasteiger partial charge < -0.3 is 10.2 Å². The molecule has 18 heavy (non-hydrogen) atoms. The summed E-state index contributed by atoms with van der Waals surface area (Å²) in [6.07, 6.45) is 4.86. The second-order valence-corrected chi connectivity index (χ2v) is 5.27. The van der Waals surface area contributed by atoms with Crippen LogP contribution in [0.4, 0.5) is 0 Å². The molecular weight excluding hydrogens is 220 g/mol. The molecule has 0 aliphatic rings. The minimum Gasteiger partial charge on any atom is -0.314 e. The van der Waals surface area contributed by atoms with E-state index in [1.165, 1.54) is 31.2 Å². The number of aryl methyl sites for hydroxylation is 1. The van der Waals surface area contributed by atoms with E-state index in [9.17, 15) is 0 Å². The number of benzene rings is 1. The minimum absolute atomic E-state index is 0.646. The average Bonchev–Trinajstić information content (AvgIpc) is 2.39. The summed E-state index contributed by atoms with van der Waals surface area (Å²) in [5, 5.41) is 3.67. The molecule has 0 aromatic heterocycles. The van der Waals surface area contributed by atoms with Crippen molar-refractivity contribution in [2.75, 3.05) is 27.2 Å². The summed E-state index contributed by atoms with van der Waals surface area (Å²) in [7, 11) is 4.29. The minimum atomic E-state index is 0.646. The lowest BCUT2D eigenvalue weighted by Gasteiger charge is -2.20. The van der Waals surface area contributed by atoms with Gasteiger partial charge in [0.25, 0.3) is 0 Å². The number of nitrogens with zero attached hydrogens (tertiary/aromatic N) is 1. The van der Waals surface area contributed by atoms with Crippen molar-refractivity contribution >= 4 is 0 Å². The van der Waals surface area contributed by atoms with Crippen molar-refractivity contribution in [3.8, 4) is 0 Å². The standard InChI is InChI=1S/C16H28N2/c1-4-13-17-16(12-14-18(2)3)11-10-15-8-6-5-7-9-15/h5-9,16-17H,4,10-14H2,1-3H3. The zero-order valence-electron chi connectivity index (χ0n) is 12.2. The van der Waals surface area contributed by atoms with E-state index in [1.807, 2.05) is 0 Å². The molecule has 0 aliphatic heterocycles. The van der Waals surface area contributed by atoms with Crippen LogP contribution in [0, 0.1) is 0 Å². The lowest BCUT2D eigenvalue weighted by molar-refractivity contribution is 0.349. The lowest BCUT2D eigenvalue weighted by atomic mass is 10.0. The van der Waals surface area contributed by atoms with Crippen molar-refractivity contribution in [1.82, 2.24) is 10.2 Å². The number of nitrogens with one attached hydrogen (secondary N) is 1. The van der Waals surface area contributed by atoms with Gasteiger partial charge >= 0.3 is 0 Å². The van der Waals surface area contributed by atoms with Crippen LogP contribution < -0.4 is 5.32 Å². The van der Waals surface area contributed by atoms with E-state index in [0.29, 0.717) is 6.04 Å². The Morgan fingerprint density at radius 2 is 1.83 bits per heavy atom. The van der Waals surface area contributed by atoms with Gasteiger partial charge in [0.15, 0.2) is 0 Å². The summed E-state index contributed by atoms with van der Waals surface area (Å²) in [4.78, 5) is 2.27. The van der Waals surface area contributed by atoms with Crippen LogP contribution in [0.1, 0.15) is 31.7 Å². The number of hydrogen-bond donors (Lipinski definition) is 1. The highest BCUT2D eigenvalue weighted by Gasteiger charge is 2.08. The molecule has 102 valence electrons. The smallest absolute Gasteiger partial charge is 0.00823 e. The van der Waals surface area contributed by atoms with E-state index in [4.69, 9.17) is 0 Å². The van der Waals surface area contributed by atoms with Gasteiger partial charge in [-0.25, -0.2) is 0 Å². The zero-order chi connectivity index (χ0) is 13.2. The largest absolute Gasteiger partial charge is 0.314 e. The highest BCUT2D eigenvalue weighted by molar-refractivity contribution is 5.14. The van der Waals surface area contributed by atoms with Gasteiger partial charge in [0.2, 0.25) is 0 Å². The van der Waals surface area contributed by atoms with Crippen molar-refractivity contribution < 1.29 is 0 Å². The molecule has 0 bridgehead atoms. The molecule has 0 fully saturated rings. The second-order valence-electron chi connectivity index (χ2n) is 5.27. The maximum absolute atomic E-state index is 3.67. The van der Waals surface area contributed by atoms with E-state index in [1.54, 1.807) is 0 Å². The van der Waals surface area contributed by atoms with Crippen LogP contribution in [0.5, 0.6) is 0 Å². The van der Waals surface area contributed by atoms with Crippen molar-refractivity contribution in [2.24, 2.45) is 0 Å². The van der Waals surface area contributed by atoms with Crippen LogP contribution in [0.25, 0.3) is 0 Å². The normalized spacial score (nSPS) is 12.9. The van der Waals surface area contributed by atoms with Crippen LogP contribution in [0.15, 0.2) is 30.3 Å². The van der Waals surface area contributed by atoms with E-state index in [-0.39, 0.29) is 0 Å². The predicted molar refractivity (Wildman–Crippen MR) is 80.0 cm³/mol. The first-order valence-corrected chi connectivity index (χ1v) is 7.14. The molecule has 0 spiro atoms. The van der Waals surface area contributed by atoms with Gasteiger partial charge in [-0.3, -0.25) is 0 Å². The molecule has 0 amide bonds. The molecule has 1 aromatic carbocycles. The Morgan fingerprint density at radius 1 is 1.11 bits per heavy atom. The molecule has 2 nitrogen and oxygen atoms in total. The molecule has 0 heterocycles. The average molecular weight is 248 g/mol. The molecule has 1 rings (SSSR count). The Labute approximate surface area is 112 Å². The van der Waals surface area contributed by atoms with Gasteiger partial charge in [0, 0.05) is 6.04 Å². The van der Waals surface area contributed by atoms with Crippen molar-refractivity contribution in [2.45, 2.75) is 38.6 Å². The monoisotopic (exact) mass is 248 g/mol. The number of hydrogen-bond acceptors (Lipinski definition) is 2. The lowest BCUT2D eigenvalue weighted by Crippen LogP contribution is -2.33. The molecule has 2 heteroatoms. The maximum Gasteiger partial charge on any atom is 0.00823 e. The third-order valence-electron chi connectivity index (χ3n) is 3.23. The Kier molecular flexibility index (Phi) is 7.70. The van der Waals surface area contributed by atoms with Crippen LogP contribution in [-0.4, -0.2) is 38.1 Å². The summed E-state index contributed by atoms with van der Waals surface area (Å²) in [6.45, 7) is 4.52. The SMILES string of the molecule is CCCNC(CCc1ccccc1)CCN(C)C. The zero-order valence-corrected chi connectivity index (χ0v) is 12.2. The van der Waals surface area contributed by atoms with Gasteiger partial charge in [0.05, 0.1) is 0 Å². The fourth-order valence-electron chi connectivity index (χ4n) is 2.10. The van der Waals surface area contributed by atoms with Gasteiger partial charge in [-0.1, -0.05) is 37.3 Å². The summed E-state index contributed by atoms with van der Waals surface area (Å²) in [5.74, 6) is 0. The highest BCUT2D eigenvalue weighted by atomic mass is 15.1. The van der Waals surface area contributed by atoms with Crippen LogP contribution in [-0.2, 0) is 6.42 Å². The Hall–Kier alpha value is -0.860. The predicted octanol–water partition coefficient (Wildman–Crippen LogP) is 2.94. The van der Waals surface area contributed by atoms with E-state index >= 15 is 0 Å². The fourth-order valence-corrected chi connectivity index (χ4v) is 2.10. The van der Waals surface area contributed by atoms with E-state index < -0.39 is 0 Å². The molecule has 0 aliphatic carbocycles. The van der Waals surface area contributed by atoms with Crippen LogP contribution >= 0.6 is 0 Å². The Balaban J connectivity index is 2.35. The molecule has 1 aromatic rings. The van der Waals surface area contributed by atoms with E-state index in [0.717, 1.165) is 13.1 Å². The molecule has 1 N–H and O–H groups in total. The maximum atomic E-state index is 3.67. The third-order valence-corrected chi connectivity index (χ3v) is 3.23. The third kappa shape index (κ3) is 6.77. The quantitative estimate of drug-likeness (QED) is 0.723. The van der Waals surface area contributed by atoms with Crippen molar-refractivity contribution in [1.29, 1.82) is 0 Å². The molecule has 0 saturated heterocycles. The summed E-state index contributed by atoms with van der Waals surface area (Å²) in [5.41, 5.74) is 1.45. The van der Waals surface area contributed by atoms with E-state index in [2.05, 4.69) is 61.6 Å². The first kappa shape index (κ1) is 15.2. The summed E-state index contributed by atoms with van der Waals surface area (Å²) < 4.78 is 0. The topological polar surface area (TPSA) is 15.3 Å². The highest BCUT2D eigenvalue weighted by Crippen LogP contribution is 2.07. The van der Waals surface area contributed by atoms with Crippen LogP contribution in [0.2, 0.25) is 0 Å². The number of rotatable bonds is 9. The first-order chi connectivity index (χ1) is 8.72. The molecular formula is C16H28N2. The van der Waals surface area contributed by atoms with Crippen molar-refractivity contribution in [3.05, 3.63) is 35.9 Å². The summed E-state index contributed by atoms with van der Waals surface area (Å²) in [6, 6.07) is 11.4. The van der Waals surface area contributed by atoms with Gasteiger partial charge in [-0.05, 0) is 58.4 Å². The fraction of sp³-hybridized carbons (Fsp3) is 0.625. The Bertz CT molecular complexity index is 295. The summed E-state index contributed by atoms with van der Waals surface area (Å²) >= 11 is 0. The molecule has 1 unspecified atom stereocenters. The Morgan fingerprint density at radius 3 is 2.44 bits per heavy atom. The molecule has 0 radical (unpaired) electrons. The second kappa shape index (κ2) is 9.12. The first-order valence-electron chi connectivity index (χ1n) is 7.14. The van der Waals surface area contributed by atoms with Crippen LogP contribution in [0.3, 0.4) is 0 Å². The van der Waals surface area contributed by atoms with Crippen molar-refractivity contribution in [3.63, 3.8) is 0 Å². The van der Waals surface area contributed by atoms with Gasteiger partial charge in [-0.15, -0.1) is 0 Å². The van der Waals surface area contributed by atoms with Gasteiger partial charge in [0.1, 0.15) is 0 Å². The van der Waals surface area contributed by atoms with Gasteiger partial charge in [-0.2, -0.15) is 0 Å². The molecule has 0 saturated carbocycles. The molecule has 1 atom stereocenters.